The minimum Gasteiger partial charge on any atom is -0.348 e. The number of hydrogen-bond acceptors (Lipinski definition) is 3. The minimum absolute atomic E-state index is 0.0447. The third kappa shape index (κ3) is 3.31. The Kier molecular flexibility index (Phi) is 4.42. The van der Waals surface area contributed by atoms with Gasteiger partial charge in [-0.25, -0.2) is 4.98 Å². The average Bonchev–Trinajstić information content (AvgIpc) is 2.69. The van der Waals surface area contributed by atoms with Gasteiger partial charge in [-0.15, -0.1) is 0 Å². The highest BCUT2D eigenvalue weighted by Gasteiger charge is 2.14. The summed E-state index contributed by atoms with van der Waals surface area (Å²) in [5.41, 5.74) is 2.10. The third-order valence-electron chi connectivity index (χ3n) is 4.72. The molecule has 0 bridgehead atoms. The fraction of sp³-hybridized carbons (Fsp3) is 0.136. The number of nitrogens with zero attached hydrogens (tertiary/aromatic N) is 2. The first-order valence-electron chi connectivity index (χ1n) is 8.85. The van der Waals surface area contributed by atoms with Crippen LogP contribution in [0, 0.1) is 0 Å². The zero-order chi connectivity index (χ0) is 18.8. The summed E-state index contributed by atoms with van der Waals surface area (Å²) in [6.07, 6.45) is 1.25. The lowest BCUT2D eigenvalue weighted by atomic mass is 10.00. The fourth-order valence-corrected chi connectivity index (χ4v) is 3.41. The van der Waals surface area contributed by atoms with Crippen molar-refractivity contribution in [3.63, 3.8) is 0 Å². The molecule has 134 valence electrons. The Labute approximate surface area is 156 Å². The van der Waals surface area contributed by atoms with Gasteiger partial charge in [-0.3, -0.25) is 14.2 Å². The quantitative estimate of drug-likeness (QED) is 0.609. The second-order valence-corrected chi connectivity index (χ2v) is 6.53. The lowest BCUT2D eigenvalue weighted by Gasteiger charge is -2.17. The van der Waals surface area contributed by atoms with Crippen molar-refractivity contribution in [1.82, 2.24) is 14.9 Å². The van der Waals surface area contributed by atoms with Crippen molar-refractivity contribution in [3.05, 3.63) is 88.8 Å². The van der Waals surface area contributed by atoms with Crippen molar-refractivity contribution >= 4 is 27.7 Å². The molecule has 0 aliphatic rings. The number of para-hydroxylation sites is 2. The van der Waals surface area contributed by atoms with E-state index in [-0.39, 0.29) is 24.1 Å². The van der Waals surface area contributed by atoms with Crippen LogP contribution in [0.25, 0.3) is 21.8 Å². The molecule has 0 aliphatic carbocycles. The summed E-state index contributed by atoms with van der Waals surface area (Å²) < 4.78 is 1.45. The number of rotatable bonds is 4. The van der Waals surface area contributed by atoms with Crippen LogP contribution in [-0.2, 0) is 11.3 Å². The van der Waals surface area contributed by atoms with E-state index in [9.17, 15) is 9.59 Å². The van der Waals surface area contributed by atoms with E-state index in [0.29, 0.717) is 11.0 Å². The third-order valence-corrected chi connectivity index (χ3v) is 4.72. The van der Waals surface area contributed by atoms with Gasteiger partial charge in [0.2, 0.25) is 5.91 Å². The second-order valence-electron chi connectivity index (χ2n) is 6.53. The number of amides is 1. The number of nitrogens with one attached hydrogen (secondary N) is 1. The Morgan fingerprint density at radius 1 is 1.04 bits per heavy atom. The Hall–Kier alpha value is -3.47. The molecule has 0 aliphatic heterocycles. The van der Waals surface area contributed by atoms with Gasteiger partial charge in [0, 0.05) is 0 Å². The fourth-order valence-electron chi connectivity index (χ4n) is 3.41. The largest absolute Gasteiger partial charge is 0.348 e. The predicted octanol–water partition coefficient (Wildman–Crippen LogP) is 3.43. The van der Waals surface area contributed by atoms with Crippen LogP contribution in [0.4, 0.5) is 0 Å². The number of carbonyl (C=O) groups is 1. The maximum atomic E-state index is 12.6. The van der Waals surface area contributed by atoms with Gasteiger partial charge in [0.15, 0.2) is 0 Å². The first-order chi connectivity index (χ1) is 13.1. The minimum atomic E-state index is -0.290. The van der Waals surface area contributed by atoms with Crippen molar-refractivity contribution in [3.8, 4) is 0 Å². The van der Waals surface area contributed by atoms with Gasteiger partial charge in [0.1, 0.15) is 6.54 Å². The van der Waals surface area contributed by atoms with Crippen LogP contribution in [0.1, 0.15) is 18.5 Å². The molecule has 3 aromatic carbocycles. The number of benzene rings is 3. The molecule has 5 heteroatoms. The SMILES string of the molecule is C[C@@H](NC(=O)Cn1c(=O)cnc2ccccc21)c1cccc2ccccc12. The molecule has 4 rings (SSSR count). The molecule has 1 aromatic heterocycles. The van der Waals surface area contributed by atoms with Crippen molar-refractivity contribution < 1.29 is 4.79 Å². The smallest absolute Gasteiger partial charge is 0.269 e. The van der Waals surface area contributed by atoms with Crippen LogP contribution in [0.5, 0.6) is 0 Å². The summed E-state index contributed by atoms with van der Waals surface area (Å²) in [5, 5.41) is 5.25. The molecule has 4 aromatic rings. The van der Waals surface area contributed by atoms with Gasteiger partial charge in [-0.05, 0) is 35.4 Å². The van der Waals surface area contributed by atoms with Crippen LogP contribution >= 0.6 is 0 Å². The molecule has 27 heavy (non-hydrogen) atoms. The Morgan fingerprint density at radius 2 is 1.78 bits per heavy atom. The number of hydrogen-bond donors (Lipinski definition) is 1. The predicted molar refractivity (Wildman–Crippen MR) is 107 cm³/mol. The van der Waals surface area contributed by atoms with Crippen molar-refractivity contribution in [2.45, 2.75) is 19.5 Å². The van der Waals surface area contributed by atoms with E-state index >= 15 is 0 Å². The Morgan fingerprint density at radius 3 is 2.67 bits per heavy atom. The highest BCUT2D eigenvalue weighted by atomic mass is 16.2. The van der Waals surface area contributed by atoms with E-state index in [4.69, 9.17) is 0 Å². The molecule has 0 fully saturated rings. The summed E-state index contributed by atoms with van der Waals surface area (Å²) in [4.78, 5) is 29.0. The monoisotopic (exact) mass is 357 g/mol. The van der Waals surface area contributed by atoms with E-state index in [1.807, 2.05) is 55.5 Å². The first kappa shape index (κ1) is 17.0. The summed E-state index contributed by atoms with van der Waals surface area (Å²) in [7, 11) is 0. The molecule has 1 amide bonds. The molecule has 1 atom stereocenters. The number of aromatic nitrogens is 2. The molecule has 0 spiro atoms. The molecule has 1 heterocycles. The van der Waals surface area contributed by atoms with Gasteiger partial charge >= 0.3 is 0 Å². The Balaban J connectivity index is 1.60. The van der Waals surface area contributed by atoms with Crippen LogP contribution in [0.2, 0.25) is 0 Å². The van der Waals surface area contributed by atoms with E-state index in [1.165, 1.54) is 10.8 Å². The number of carbonyl (C=O) groups excluding carboxylic acids is 1. The molecule has 0 saturated carbocycles. The normalized spacial score (nSPS) is 12.2. The van der Waals surface area contributed by atoms with Crippen LogP contribution in [-0.4, -0.2) is 15.5 Å². The van der Waals surface area contributed by atoms with E-state index < -0.39 is 0 Å². The van der Waals surface area contributed by atoms with E-state index in [1.54, 1.807) is 6.07 Å². The van der Waals surface area contributed by atoms with E-state index in [2.05, 4.69) is 22.4 Å². The molecular formula is C22H19N3O2. The van der Waals surface area contributed by atoms with Crippen molar-refractivity contribution in [1.29, 1.82) is 0 Å². The molecule has 0 unspecified atom stereocenters. The molecule has 5 nitrogen and oxygen atoms in total. The van der Waals surface area contributed by atoms with Crippen molar-refractivity contribution in [2.75, 3.05) is 0 Å². The van der Waals surface area contributed by atoms with Crippen LogP contribution < -0.4 is 10.9 Å². The molecule has 0 radical (unpaired) electrons. The van der Waals surface area contributed by atoms with Gasteiger partial charge in [0.25, 0.3) is 5.56 Å². The standard InChI is InChI=1S/C22H19N3O2/c1-15(17-10-6-8-16-7-2-3-9-18(16)17)24-21(26)14-25-20-12-5-4-11-19(20)23-13-22(25)27/h2-13,15H,14H2,1H3,(H,24,26)/t15-/m1/s1. The van der Waals surface area contributed by atoms with Crippen LogP contribution in [0.3, 0.4) is 0 Å². The van der Waals surface area contributed by atoms with Gasteiger partial charge in [-0.2, -0.15) is 0 Å². The molecule has 0 saturated heterocycles. The van der Waals surface area contributed by atoms with Gasteiger partial charge < -0.3 is 5.32 Å². The lowest BCUT2D eigenvalue weighted by Crippen LogP contribution is -2.34. The Bertz CT molecular complexity index is 1190. The van der Waals surface area contributed by atoms with Crippen molar-refractivity contribution in [2.24, 2.45) is 0 Å². The summed E-state index contributed by atoms with van der Waals surface area (Å²) >= 11 is 0. The molecular weight excluding hydrogens is 338 g/mol. The average molecular weight is 357 g/mol. The maximum Gasteiger partial charge on any atom is 0.269 e. The zero-order valence-electron chi connectivity index (χ0n) is 14.9. The number of fused-ring (bicyclic) bond motifs is 2. The van der Waals surface area contributed by atoms with Gasteiger partial charge in [0.05, 0.1) is 23.3 Å². The summed E-state index contributed by atoms with van der Waals surface area (Å²) in [6, 6.07) is 21.3. The summed E-state index contributed by atoms with van der Waals surface area (Å²) in [5.74, 6) is -0.214. The summed E-state index contributed by atoms with van der Waals surface area (Å²) in [6.45, 7) is 1.91. The van der Waals surface area contributed by atoms with E-state index in [0.717, 1.165) is 16.3 Å². The first-order valence-corrected chi connectivity index (χ1v) is 8.85. The zero-order valence-corrected chi connectivity index (χ0v) is 14.9. The second kappa shape index (κ2) is 7.03. The highest BCUT2D eigenvalue weighted by molar-refractivity contribution is 5.87. The molecule has 1 N–H and O–H groups in total. The maximum absolute atomic E-state index is 12.6. The topological polar surface area (TPSA) is 64.0 Å². The lowest BCUT2D eigenvalue weighted by molar-refractivity contribution is -0.122. The highest BCUT2D eigenvalue weighted by Crippen LogP contribution is 2.24. The van der Waals surface area contributed by atoms with Crippen LogP contribution in [0.15, 0.2) is 77.7 Å². The van der Waals surface area contributed by atoms with Gasteiger partial charge in [-0.1, -0.05) is 54.6 Å².